The molecule has 0 bridgehead atoms. The largest absolute Gasteiger partial charge is 0.497 e. The third-order valence-corrected chi connectivity index (χ3v) is 3.84. The maximum Gasteiger partial charge on any atom is 0.261 e. The molecule has 0 aliphatic carbocycles. The maximum absolute atomic E-state index is 12.6. The minimum atomic E-state index is -0.183. The second-order valence-corrected chi connectivity index (χ2v) is 5.66. The number of halogens is 2. The van der Waals surface area contributed by atoms with Gasteiger partial charge in [-0.1, -0.05) is 35.3 Å². The number of benzene rings is 2. The van der Waals surface area contributed by atoms with E-state index in [4.69, 9.17) is 27.9 Å². The molecule has 0 atom stereocenters. The van der Waals surface area contributed by atoms with Crippen molar-refractivity contribution < 1.29 is 4.74 Å². The number of hydrogen-bond donors (Lipinski definition) is 0. The van der Waals surface area contributed by atoms with E-state index in [2.05, 4.69) is 4.98 Å². The minimum Gasteiger partial charge on any atom is -0.497 e. The van der Waals surface area contributed by atoms with Gasteiger partial charge in [-0.15, -0.1) is 0 Å². The summed E-state index contributed by atoms with van der Waals surface area (Å²) >= 11 is 12.0. The SMILES string of the molecule is COc1cccc(Cn2cnc3c(Cl)cc(Cl)cc3c2=O)c1. The fourth-order valence-corrected chi connectivity index (χ4v) is 2.82. The smallest absolute Gasteiger partial charge is 0.261 e. The molecule has 0 radical (unpaired) electrons. The first-order chi connectivity index (χ1) is 10.6. The second kappa shape index (κ2) is 5.99. The molecule has 3 rings (SSSR count). The number of hydrogen-bond acceptors (Lipinski definition) is 3. The van der Waals surface area contributed by atoms with Crippen LogP contribution in [0.25, 0.3) is 10.9 Å². The van der Waals surface area contributed by atoms with E-state index in [9.17, 15) is 4.79 Å². The number of rotatable bonds is 3. The van der Waals surface area contributed by atoms with E-state index < -0.39 is 0 Å². The van der Waals surface area contributed by atoms with Crippen LogP contribution in [0, 0.1) is 0 Å². The highest BCUT2D eigenvalue weighted by molar-refractivity contribution is 6.38. The monoisotopic (exact) mass is 334 g/mol. The predicted molar refractivity (Wildman–Crippen MR) is 88.1 cm³/mol. The van der Waals surface area contributed by atoms with E-state index in [-0.39, 0.29) is 5.56 Å². The molecular weight excluding hydrogens is 323 g/mol. The van der Waals surface area contributed by atoms with Gasteiger partial charge in [-0.3, -0.25) is 9.36 Å². The summed E-state index contributed by atoms with van der Waals surface area (Å²) in [5.74, 6) is 0.741. The van der Waals surface area contributed by atoms with Crippen LogP contribution in [-0.4, -0.2) is 16.7 Å². The van der Waals surface area contributed by atoms with Crippen LogP contribution in [0.2, 0.25) is 10.0 Å². The number of ether oxygens (including phenoxy) is 1. The van der Waals surface area contributed by atoms with Gasteiger partial charge in [-0.2, -0.15) is 0 Å². The van der Waals surface area contributed by atoms with Gasteiger partial charge < -0.3 is 4.74 Å². The molecule has 3 aromatic rings. The van der Waals surface area contributed by atoms with Crippen LogP contribution in [0.1, 0.15) is 5.56 Å². The van der Waals surface area contributed by atoms with E-state index in [1.807, 2.05) is 24.3 Å². The van der Waals surface area contributed by atoms with Gasteiger partial charge in [0, 0.05) is 5.02 Å². The lowest BCUT2D eigenvalue weighted by Crippen LogP contribution is -2.21. The molecule has 0 aliphatic heterocycles. The highest BCUT2D eigenvalue weighted by Gasteiger charge is 2.09. The van der Waals surface area contributed by atoms with Crippen molar-refractivity contribution in [3.63, 3.8) is 0 Å². The second-order valence-electron chi connectivity index (χ2n) is 4.81. The van der Waals surface area contributed by atoms with Crippen molar-refractivity contribution >= 4 is 34.1 Å². The molecule has 0 N–H and O–H groups in total. The molecule has 0 saturated carbocycles. The van der Waals surface area contributed by atoms with Crippen molar-refractivity contribution in [2.24, 2.45) is 0 Å². The fourth-order valence-electron chi connectivity index (χ4n) is 2.27. The molecule has 0 saturated heterocycles. The highest BCUT2D eigenvalue weighted by atomic mass is 35.5. The minimum absolute atomic E-state index is 0.183. The molecule has 0 unspecified atom stereocenters. The topological polar surface area (TPSA) is 44.1 Å². The molecule has 0 spiro atoms. The van der Waals surface area contributed by atoms with Crippen molar-refractivity contribution in [2.75, 3.05) is 7.11 Å². The Balaban J connectivity index is 2.08. The number of fused-ring (bicyclic) bond motifs is 1. The Morgan fingerprint density at radius 3 is 2.82 bits per heavy atom. The summed E-state index contributed by atoms with van der Waals surface area (Å²) < 4.78 is 6.70. The van der Waals surface area contributed by atoms with Crippen LogP contribution in [-0.2, 0) is 6.54 Å². The zero-order chi connectivity index (χ0) is 15.7. The molecule has 0 aliphatic rings. The van der Waals surface area contributed by atoms with Gasteiger partial charge in [0.15, 0.2) is 0 Å². The van der Waals surface area contributed by atoms with Gasteiger partial charge in [0.1, 0.15) is 5.75 Å². The van der Waals surface area contributed by atoms with Gasteiger partial charge >= 0.3 is 0 Å². The van der Waals surface area contributed by atoms with Crippen LogP contribution < -0.4 is 10.3 Å². The number of methoxy groups -OCH3 is 1. The maximum atomic E-state index is 12.6. The Morgan fingerprint density at radius 2 is 2.05 bits per heavy atom. The normalized spacial score (nSPS) is 10.9. The zero-order valence-corrected chi connectivity index (χ0v) is 13.2. The molecule has 1 heterocycles. The summed E-state index contributed by atoms with van der Waals surface area (Å²) in [7, 11) is 1.60. The first-order valence-corrected chi connectivity index (χ1v) is 7.31. The van der Waals surface area contributed by atoms with Crippen molar-refractivity contribution in [1.29, 1.82) is 0 Å². The van der Waals surface area contributed by atoms with Crippen molar-refractivity contribution in [2.45, 2.75) is 6.54 Å². The van der Waals surface area contributed by atoms with E-state index in [1.54, 1.807) is 19.2 Å². The Kier molecular flexibility index (Phi) is 4.05. The summed E-state index contributed by atoms with van der Waals surface area (Å²) in [6, 6.07) is 10.7. The Bertz CT molecular complexity index is 906. The molecule has 6 heteroatoms. The summed E-state index contributed by atoms with van der Waals surface area (Å²) in [5.41, 5.74) is 1.21. The molecular formula is C16H12Cl2N2O2. The van der Waals surface area contributed by atoms with Crippen LogP contribution in [0.4, 0.5) is 0 Å². The Labute approximate surface area is 136 Å². The zero-order valence-electron chi connectivity index (χ0n) is 11.7. The number of nitrogens with zero attached hydrogens (tertiary/aromatic N) is 2. The van der Waals surface area contributed by atoms with Crippen molar-refractivity contribution in [3.8, 4) is 5.75 Å². The fraction of sp³-hybridized carbons (Fsp3) is 0.125. The summed E-state index contributed by atoms with van der Waals surface area (Å²) in [5, 5.41) is 1.19. The molecule has 2 aromatic carbocycles. The van der Waals surface area contributed by atoms with Crippen molar-refractivity contribution in [3.05, 3.63) is 68.7 Å². The quantitative estimate of drug-likeness (QED) is 0.732. The molecule has 1 aromatic heterocycles. The molecule has 112 valence electrons. The van der Waals surface area contributed by atoms with Crippen LogP contribution in [0.15, 0.2) is 47.5 Å². The summed E-state index contributed by atoms with van der Waals surface area (Å²) in [6.45, 7) is 0.392. The first kappa shape index (κ1) is 14.9. The molecule has 4 nitrogen and oxygen atoms in total. The predicted octanol–water partition coefficient (Wildman–Crippen LogP) is 3.76. The first-order valence-electron chi connectivity index (χ1n) is 6.55. The summed E-state index contributed by atoms with van der Waals surface area (Å²) in [6.07, 6.45) is 1.49. The van der Waals surface area contributed by atoms with E-state index in [0.29, 0.717) is 27.5 Å². The standard InChI is InChI=1S/C16H12Cl2N2O2/c1-22-12-4-2-3-10(5-12)8-20-9-19-15-13(16(20)21)6-11(17)7-14(15)18/h2-7,9H,8H2,1H3. The third-order valence-electron chi connectivity index (χ3n) is 3.33. The lowest BCUT2D eigenvalue weighted by Gasteiger charge is -2.09. The van der Waals surface area contributed by atoms with E-state index >= 15 is 0 Å². The Hall–Kier alpha value is -2.04. The number of aromatic nitrogens is 2. The Morgan fingerprint density at radius 1 is 1.23 bits per heavy atom. The van der Waals surface area contributed by atoms with Crippen LogP contribution >= 0.6 is 23.2 Å². The van der Waals surface area contributed by atoms with E-state index in [1.165, 1.54) is 10.9 Å². The highest BCUT2D eigenvalue weighted by Crippen LogP contribution is 2.24. The third kappa shape index (κ3) is 2.80. The lowest BCUT2D eigenvalue weighted by molar-refractivity contribution is 0.414. The molecule has 0 fully saturated rings. The van der Waals surface area contributed by atoms with Gasteiger partial charge in [-0.25, -0.2) is 4.98 Å². The average Bonchev–Trinajstić information content (AvgIpc) is 2.51. The van der Waals surface area contributed by atoms with Crippen LogP contribution in [0.3, 0.4) is 0 Å². The average molecular weight is 335 g/mol. The molecule has 0 amide bonds. The van der Waals surface area contributed by atoms with Gasteiger partial charge in [-0.05, 0) is 29.8 Å². The summed E-state index contributed by atoms with van der Waals surface area (Å²) in [4.78, 5) is 16.8. The van der Waals surface area contributed by atoms with Gasteiger partial charge in [0.05, 0.1) is 35.9 Å². The van der Waals surface area contributed by atoms with E-state index in [0.717, 1.165) is 11.3 Å². The lowest BCUT2D eigenvalue weighted by atomic mass is 10.2. The van der Waals surface area contributed by atoms with Crippen LogP contribution in [0.5, 0.6) is 5.75 Å². The van der Waals surface area contributed by atoms with Gasteiger partial charge in [0.2, 0.25) is 0 Å². The molecule has 22 heavy (non-hydrogen) atoms. The van der Waals surface area contributed by atoms with Gasteiger partial charge in [0.25, 0.3) is 5.56 Å². The van der Waals surface area contributed by atoms with Crippen molar-refractivity contribution in [1.82, 2.24) is 9.55 Å².